The number of hydrogen-bond acceptors (Lipinski definition) is 9. The lowest BCUT2D eigenvalue weighted by molar-refractivity contribution is -0.117. The van der Waals surface area contributed by atoms with Crippen LogP contribution >= 0.6 is 0 Å². The van der Waals surface area contributed by atoms with Crippen molar-refractivity contribution in [2.24, 2.45) is 5.73 Å². The second-order valence-corrected chi connectivity index (χ2v) is 6.34. The first-order chi connectivity index (χ1) is 14.6. The Morgan fingerprint density at radius 1 is 1.07 bits per heavy atom. The Balaban J connectivity index is 1.43. The zero-order valence-electron chi connectivity index (χ0n) is 16.1. The molecule has 0 unspecified atom stereocenters. The molecule has 2 heterocycles. The molecule has 0 bridgehead atoms. The highest BCUT2D eigenvalue weighted by Gasteiger charge is 2.13. The molecule has 10 heteroatoms. The van der Waals surface area contributed by atoms with Gasteiger partial charge in [-0.3, -0.25) is 4.79 Å². The molecule has 0 radical (unpaired) electrons. The van der Waals surface area contributed by atoms with E-state index in [-0.39, 0.29) is 11.6 Å². The van der Waals surface area contributed by atoms with E-state index < -0.39 is 6.04 Å². The molecule has 0 spiro atoms. The summed E-state index contributed by atoms with van der Waals surface area (Å²) in [5.41, 5.74) is 6.93. The number of nitriles is 1. The van der Waals surface area contributed by atoms with Gasteiger partial charge in [0.25, 0.3) is 0 Å². The first kappa shape index (κ1) is 20.6. The second-order valence-electron chi connectivity index (χ2n) is 6.34. The van der Waals surface area contributed by atoms with Crippen LogP contribution in [-0.2, 0) is 4.79 Å². The number of anilines is 4. The Kier molecular flexibility index (Phi) is 7.18. The number of nitrogens with two attached hydrogens (primary N) is 1. The fourth-order valence-corrected chi connectivity index (χ4v) is 2.53. The van der Waals surface area contributed by atoms with Crippen LogP contribution in [0.5, 0.6) is 0 Å². The lowest BCUT2D eigenvalue weighted by atomic mass is 10.1. The van der Waals surface area contributed by atoms with Crippen molar-refractivity contribution in [1.82, 2.24) is 19.9 Å². The predicted octanol–water partition coefficient (Wildman–Crippen LogP) is 2.04. The summed E-state index contributed by atoms with van der Waals surface area (Å²) < 4.78 is 0. The van der Waals surface area contributed by atoms with E-state index in [4.69, 9.17) is 11.0 Å². The van der Waals surface area contributed by atoms with Crippen LogP contribution in [0.15, 0.2) is 55.1 Å². The largest absolute Gasteiger partial charge is 0.370 e. The molecule has 0 saturated heterocycles. The summed E-state index contributed by atoms with van der Waals surface area (Å²) in [7, 11) is 0. The van der Waals surface area contributed by atoms with Gasteiger partial charge in [0, 0.05) is 18.3 Å². The summed E-state index contributed by atoms with van der Waals surface area (Å²) >= 11 is 0. The molecular weight excluding hydrogens is 382 g/mol. The van der Waals surface area contributed by atoms with E-state index in [1.165, 1.54) is 18.7 Å². The van der Waals surface area contributed by atoms with E-state index in [1.54, 1.807) is 6.07 Å². The summed E-state index contributed by atoms with van der Waals surface area (Å²) in [6.07, 6.45) is 5.47. The third-order valence-corrected chi connectivity index (χ3v) is 4.07. The molecule has 0 aliphatic heterocycles. The first-order valence-electron chi connectivity index (χ1n) is 9.30. The van der Waals surface area contributed by atoms with Crippen molar-refractivity contribution in [2.75, 3.05) is 22.5 Å². The minimum atomic E-state index is -0.593. The number of rotatable bonds is 9. The number of para-hydroxylation sites is 1. The highest BCUT2D eigenvalue weighted by Crippen LogP contribution is 2.14. The summed E-state index contributed by atoms with van der Waals surface area (Å²) in [4.78, 5) is 28.4. The lowest BCUT2D eigenvalue weighted by Crippen LogP contribution is -2.35. The Labute approximate surface area is 173 Å². The van der Waals surface area contributed by atoms with E-state index in [1.807, 2.05) is 36.4 Å². The van der Waals surface area contributed by atoms with E-state index in [9.17, 15) is 4.79 Å². The SMILES string of the molecule is N#Cc1cnc(Nc2cc(NCCC[C@@H](N)C(=O)Nc3ccccc3)ncn2)cn1. The molecule has 1 aromatic carbocycles. The standard InChI is InChI=1S/C20H21N9O/c21-10-15-11-25-19(12-24-15)29-18-9-17(26-13-27-18)23-8-4-7-16(22)20(30)28-14-5-2-1-3-6-14/h1-3,5-6,9,11-13,16H,4,7-8,22H2,(H,28,30)(H2,23,25,26,27,29)/t16-/m1/s1. The van der Waals surface area contributed by atoms with E-state index in [2.05, 4.69) is 35.9 Å². The van der Waals surface area contributed by atoms with E-state index >= 15 is 0 Å². The van der Waals surface area contributed by atoms with Crippen molar-refractivity contribution in [3.8, 4) is 6.07 Å². The molecule has 0 fully saturated rings. The van der Waals surface area contributed by atoms with E-state index in [0.717, 1.165) is 5.69 Å². The monoisotopic (exact) mass is 403 g/mol. The van der Waals surface area contributed by atoms with Crippen molar-refractivity contribution in [3.05, 3.63) is 60.8 Å². The Bertz CT molecular complexity index is 1000. The molecule has 0 aliphatic rings. The Morgan fingerprint density at radius 2 is 1.87 bits per heavy atom. The smallest absolute Gasteiger partial charge is 0.241 e. The van der Waals surface area contributed by atoms with Crippen molar-refractivity contribution < 1.29 is 4.79 Å². The number of nitrogens with zero attached hydrogens (tertiary/aromatic N) is 5. The third-order valence-electron chi connectivity index (χ3n) is 4.07. The van der Waals surface area contributed by atoms with Crippen LogP contribution in [0.2, 0.25) is 0 Å². The van der Waals surface area contributed by atoms with Gasteiger partial charge in [0.15, 0.2) is 5.69 Å². The number of nitrogens with one attached hydrogen (secondary N) is 3. The summed E-state index contributed by atoms with van der Waals surface area (Å²) in [5.74, 6) is 1.41. The fourth-order valence-electron chi connectivity index (χ4n) is 2.53. The Hall–Kier alpha value is -4.10. The molecule has 2 aromatic heterocycles. The maximum Gasteiger partial charge on any atom is 0.241 e. The molecular formula is C20H21N9O. The molecule has 30 heavy (non-hydrogen) atoms. The van der Waals surface area contributed by atoms with Crippen LogP contribution in [0.25, 0.3) is 0 Å². The molecule has 3 aromatic rings. The second kappa shape index (κ2) is 10.4. The quantitative estimate of drug-likeness (QED) is 0.393. The van der Waals surface area contributed by atoms with Crippen molar-refractivity contribution >= 4 is 29.0 Å². The van der Waals surface area contributed by atoms with Crippen LogP contribution in [0.4, 0.5) is 23.1 Å². The molecule has 3 rings (SSSR count). The van der Waals surface area contributed by atoms with Crippen LogP contribution in [-0.4, -0.2) is 38.4 Å². The lowest BCUT2D eigenvalue weighted by Gasteiger charge is -2.13. The normalized spacial score (nSPS) is 11.2. The van der Waals surface area contributed by atoms with Crippen molar-refractivity contribution in [1.29, 1.82) is 5.26 Å². The highest BCUT2D eigenvalue weighted by molar-refractivity contribution is 5.94. The summed E-state index contributed by atoms with van der Waals surface area (Å²) in [6, 6.07) is 12.3. The summed E-state index contributed by atoms with van der Waals surface area (Å²) in [5, 5.41) is 17.7. The van der Waals surface area contributed by atoms with Crippen molar-refractivity contribution in [2.45, 2.75) is 18.9 Å². The molecule has 10 nitrogen and oxygen atoms in total. The number of carbonyl (C=O) groups is 1. The van der Waals surface area contributed by atoms with Gasteiger partial charge in [-0.25, -0.2) is 19.9 Å². The topological polar surface area (TPSA) is 155 Å². The van der Waals surface area contributed by atoms with Gasteiger partial charge < -0.3 is 21.7 Å². The number of benzene rings is 1. The molecule has 152 valence electrons. The number of carbonyl (C=O) groups excluding carboxylic acids is 1. The van der Waals surface area contributed by atoms with Gasteiger partial charge in [-0.15, -0.1) is 0 Å². The van der Waals surface area contributed by atoms with Crippen LogP contribution in [0.3, 0.4) is 0 Å². The maximum absolute atomic E-state index is 12.1. The van der Waals surface area contributed by atoms with Gasteiger partial charge in [-0.05, 0) is 25.0 Å². The van der Waals surface area contributed by atoms with Crippen LogP contribution in [0, 0.1) is 11.3 Å². The minimum Gasteiger partial charge on any atom is -0.370 e. The van der Waals surface area contributed by atoms with Gasteiger partial charge in [0.2, 0.25) is 5.91 Å². The third kappa shape index (κ3) is 6.22. The molecule has 0 saturated carbocycles. The number of hydrogen-bond donors (Lipinski definition) is 4. The minimum absolute atomic E-state index is 0.210. The predicted molar refractivity (Wildman–Crippen MR) is 113 cm³/mol. The number of aromatic nitrogens is 4. The van der Waals surface area contributed by atoms with E-state index in [0.29, 0.717) is 36.8 Å². The molecule has 1 amide bonds. The molecule has 0 aliphatic carbocycles. The average Bonchev–Trinajstić information content (AvgIpc) is 2.78. The van der Waals surface area contributed by atoms with Gasteiger partial charge >= 0.3 is 0 Å². The molecule has 5 N–H and O–H groups in total. The average molecular weight is 403 g/mol. The first-order valence-corrected chi connectivity index (χ1v) is 9.30. The summed E-state index contributed by atoms with van der Waals surface area (Å²) in [6.45, 7) is 0.597. The van der Waals surface area contributed by atoms with Crippen LogP contribution < -0.4 is 21.7 Å². The van der Waals surface area contributed by atoms with Gasteiger partial charge in [0.05, 0.1) is 18.4 Å². The fraction of sp³-hybridized carbons (Fsp3) is 0.200. The van der Waals surface area contributed by atoms with Gasteiger partial charge in [-0.1, -0.05) is 18.2 Å². The Morgan fingerprint density at radius 3 is 2.60 bits per heavy atom. The molecule has 1 atom stereocenters. The zero-order valence-corrected chi connectivity index (χ0v) is 16.1. The van der Waals surface area contributed by atoms with Crippen LogP contribution in [0.1, 0.15) is 18.5 Å². The van der Waals surface area contributed by atoms with Crippen molar-refractivity contribution in [3.63, 3.8) is 0 Å². The maximum atomic E-state index is 12.1. The highest BCUT2D eigenvalue weighted by atomic mass is 16.2. The number of amides is 1. The van der Waals surface area contributed by atoms with Gasteiger partial charge in [-0.2, -0.15) is 5.26 Å². The van der Waals surface area contributed by atoms with Gasteiger partial charge in [0.1, 0.15) is 29.9 Å². The zero-order chi connectivity index (χ0) is 21.2.